The van der Waals surface area contributed by atoms with Crippen molar-refractivity contribution in [2.45, 2.75) is 6.04 Å². The summed E-state index contributed by atoms with van der Waals surface area (Å²) in [7, 11) is -0.346. The van der Waals surface area contributed by atoms with Crippen molar-refractivity contribution in [3.05, 3.63) is 41.4 Å². The van der Waals surface area contributed by atoms with Crippen molar-refractivity contribution in [1.29, 1.82) is 0 Å². The van der Waals surface area contributed by atoms with E-state index in [2.05, 4.69) is 4.98 Å². The topological polar surface area (TPSA) is 102 Å². The fraction of sp³-hybridized carbons (Fsp3) is 0.412. The summed E-state index contributed by atoms with van der Waals surface area (Å²) in [5.74, 6) is -0.178. The molecule has 8 nitrogen and oxygen atoms in total. The van der Waals surface area contributed by atoms with E-state index >= 15 is 0 Å². The third kappa shape index (κ3) is 5.07. The Morgan fingerprint density at radius 2 is 2.11 bits per heavy atom. The molecule has 0 saturated carbocycles. The highest BCUT2D eigenvalue weighted by Crippen LogP contribution is 2.34. The van der Waals surface area contributed by atoms with Crippen molar-refractivity contribution in [2.24, 2.45) is 5.92 Å². The maximum absolute atomic E-state index is 13.6. The maximum atomic E-state index is 13.6. The van der Waals surface area contributed by atoms with Crippen molar-refractivity contribution < 1.29 is 27.4 Å². The van der Waals surface area contributed by atoms with Crippen LogP contribution in [0.25, 0.3) is 11.4 Å². The molecule has 1 N–H and O–H groups in total. The minimum Gasteiger partial charge on any atom is -0.483 e. The standard InChI is InChI=1S/C16H19ClFN3O3S.CH2O2/c1-20(2)25(22,23)10-11-8-24-9-15(11)21-6-5-19-16(21)13-7-12(18)3-4-14(13)17;2-1-3/h3-7,11,15H,8-10H2,1-2H3;1H,(H,2,3)/t11-,15+;/m0./s1. The Bertz CT molecular complexity index is 919. The fourth-order valence-electron chi connectivity index (χ4n) is 2.93. The number of carboxylic acid groups (broad SMARTS) is 1. The predicted molar refractivity (Wildman–Crippen MR) is 102 cm³/mol. The van der Waals surface area contributed by atoms with Crippen LogP contribution in [0.5, 0.6) is 0 Å². The van der Waals surface area contributed by atoms with Crippen LogP contribution < -0.4 is 0 Å². The number of carbonyl (C=O) groups is 1. The second-order valence-electron chi connectivity index (χ2n) is 6.31. The molecule has 2 aromatic rings. The Labute approximate surface area is 167 Å². The number of hydrogen-bond acceptors (Lipinski definition) is 5. The van der Waals surface area contributed by atoms with E-state index < -0.39 is 15.8 Å². The number of halogens is 2. The van der Waals surface area contributed by atoms with E-state index in [1.54, 1.807) is 12.4 Å². The average Bonchev–Trinajstić information content (AvgIpc) is 3.26. The smallest absolute Gasteiger partial charge is 0.290 e. The van der Waals surface area contributed by atoms with Crippen molar-refractivity contribution >= 4 is 28.1 Å². The lowest BCUT2D eigenvalue weighted by Gasteiger charge is -2.23. The lowest BCUT2D eigenvalue weighted by Crippen LogP contribution is -2.32. The van der Waals surface area contributed by atoms with Crippen LogP contribution in [0.2, 0.25) is 5.02 Å². The molecule has 0 amide bonds. The zero-order valence-electron chi connectivity index (χ0n) is 15.3. The predicted octanol–water partition coefficient (Wildman–Crippen LogP) is 2.12. The van der Waals surface area contributed by atoms with Gasteiger partial charge in [0.25, 0.3) is 6.47 Å². The molecule has 3 rings (SSSR count). The summed E-state index contributed by atoms with van der Waals surface area (Å²) in [4.78, 5) is 12.7. The molecule has 0 radical (unpaired) electrons. The Kier molecular flexibility index (Phi) is 7.53. The number of benzene rings is 1. The van der Waals surface area contributed by atoms with Gasteiger partial charge in [-0.2, -0.15) is 0 Å². The molecule has 11 heteroatoms. The molecule has 0 unspecified atom stereocenters. The van der Waals surface area contributed by atoms with Gasteiger partial charge < -0.3 is 14.4 Å². The molecule has 1 aromatic heterocycles. The summed E-state index contributed by atoms with van der Waals surface area (Å²) in [5.41, 5.74) is 0.466. The summed E-state index contributed by atoms with van der Waals surface area (Å²) in [6, 6.07) is 3.86. The lowest BCUT2D eigenvalue weighted by molar-refractivity contribution is -0.122. The van der Waals surface area contributed by atoms with Crippen LogP contribution in [0, 0.1) is 11.7 Å². The Morgan fingerprint density at radius 3 is 2.75 bits per heavy atom. The molecule has 2 heterocycles. The quantitative estimate of drug-likeness (QED) is 0.725. The van der Waals surface area contributed by atoms with Crippen LogP contribution in [0.1, 0.15) is 6.04 Å². The van der Waals surface area contributed by atoms with E-state index in [9.17, 15) is 12.8 Å². The van der Waals surface area contributed by atoms with Gasteiger partial charge in [0.1, 0.15) is 11.6 Å². The maximum Gasteiger partial charge on any atom is 0.290 e. The average molecular weight is 434 g/mol. The number of nitrogens with zero attached hydrogens (tertiary/aromatic N) is 3. The SMILES string of the molecule is CN(C)S(=O)(=O)C[C@@H]1COC[C@H]1n1ccnc1-c1cc(F)ccc1Cl.O=CO. The second kappa shape index (κ2) is 9.46. The van der Waals surface area contributed by atoms with Gasteiger partial charge in [0.2, 0.25) is 10.0 Å². The molecular weight excluding hydrogens is 413 g/mol. The molecule has 0 spiro atoms. The fourth-order valence-corrected chi connectivity index (χ4v) is 4.29. The number of hydrogen-bond donors (Lipinski definition) is 1. The minimum absolute atomic E-state index is 0.0286. The third-order valence-corrected chi connectivity index (χ3v) is 6.63. The largest absolute Gasteiger partial charge is 0.483 e. The molecular formula is C17H21ClFN3O5S. The van der Waals surface area contributed by atoms with E-state index in [1.807, 2.05) is 4.57 Å². The molecule has 1 fully saturated rings. The number of rotatable bonds is 5. The van der Waals surface area contributed by atoms with Crippen LogP contribution in [0.15, 0.2) is 30.6 Å². The van der Waals surface area contributed by atoms with Crippen molar-refractivity contribution in [3.63, 3.8) is 0 Å². The molecule has 1 aliphatic rings. The first-order chi connectivity index (χ1) is 13.2. The number of aromatic nitrogens is 2. The van der Waals surface area contributed by atoms with E-state index in [-0.39, 0.29) is 24.2 Å². The van der Waals surface area contributed by atoms with E-state index in [0.717, 1.165) is 0 Å². The van der Waals surface area contributed by atoms with Crippen LogP contribution in [-0.2, 0) is 19.6 Å². The molecule has 2 atom stereocenters. The first kappa shape index (κ1) is 22.3. The van der Waals surface area contributed by atoms with Crippen LogP contribution >= 0.6 is 11.6 Å². The zero-order valence-corrected chi connectivity index (χ0v) is 16.9. The summed E-state index contributed by atoms with van der Waals surface area (Å²) in [6.07, 6.45) is 3.33. The van der Waals surface area contributed by atoms with Gasteiger partial charge in [-0.15, -0.1) is 0 Å². The van der Waals surface area contributed by atoms with Gasteiger partial charge in [-0.25, -0.2) is 22.1 Å². The van der Waals surface area contributed by atoms with E-state index in [1.165, 1.54) is 36.6 Å². The third-order valence-electron chi connectivity index (χ3n) is 4.34. The van der Waals surface area contributed by atoms with Crippen molar-refractivity contribution in [2.75, 3.05) is 33.1 Å². The Morgan fingerprint density at radius 1 is 1.43 bits per heavy atom. The highest BCUT2D eigenvalue weighted by Gasteiger charge is 2.35. The highest BCUT2D eigenvalue weighted by molar-refractivity contribution is 7.89. The van der Waals surface area contributed by atoms with Crippen LogP contribution in [0.3, 0.4) is 0 Å². The van der Waals surface area contributed by atoms with Crippen molar-refractivity contribution in [3.8, 4) is 11.4 Å². The molecule has 28 heavy (non-hydrogen) atoms. The summed E-state index contributed by atoms with van der Waals surface area (Å²) < 4.78 is 46.6. The summed E-state index contributed by atoms with van der Waals surface area (Å²) in [5, 5.41) is 7.27. The van der Waals surface area contributed by atoms with Gasteiger partial charge in [0, 0.05) is 38.0 Å². The van der Waals surface area contributed by atoms with Gasteiger partial charge in [-0.1, -0.05) is 11.6 Å². The molecule has 1 saturated heterocycles. The Balaban J connectivity index is 0.000000878. The van der Waals surface area contributed by atoms with Gasteiger partial charge in [0.05, 0.1) is 30.0 Å². The van der Waals surface area contributed by atoms with E-state index in [4.69, 9.17) is 26.2 Å². The lowest BCUT2D eigenvalue weighted by atomic mass is 10.1. The molecule has 1 aliphatic heterocycles. The number of sulfonamides is 1. The minimum atomic E-state index is -3.36. The van der Waals surface area contributed by atoms with Gasteiger partial charge >= 0.3 is 0 Å². The molecule has 1 aromatic carbocycles. The monoisotopic (exact) mass is 433 g/mol. The van der Waals surface area contributed by atoms with Gasteiger partial charge in [-0.05, 0) is 18.2 Å². The van der Waals surface area contributed by atoms with Crippen molar-refractivity contribution in [1.82, 2.24) is 13.9 Å². The first-order valence-electron chi connectivity index (χ1n) is 8.25. The van der Waals surface area contributed by atoms with Crippen LogP contribution in [-0.4, -0.2) is 66.9 Å². The Hall–Kier alpha value is -2.01. The van der Waals surface area contributed by atoms with Crippen LogP contribution in [0.4, 0.5) is 4.39 Å². The zero-order chi connectivity index (χ0) is 20.9. The first-order valence-corrected chi connectivity index (χ1v) is 10.2. The van der Waals surface area contributed by atoms with Gasteiger partial charge in [0.15, 0.2) is 0 Å². The summed E-state index contributed by atoms with van der Waals surface area (Å²) in [6.45, 7) is 0.455. The highest BCUT2D eigenvalue weighted by atomic mass is 35.5. The molecule has 0 bridgehead atoms. The van der Waals surface area contributed by atoms with E-state index in [0.29, 0.717) is 29.6 Å². The van der Waals surface area contributed by atoms with Gasteiger partial charge in [-0.3, -0.25) is 4.79 Å². The molecule has 154 valence electrons. The normalized spacial score (nSPS) is 19.3. The number of imidazole rings is 1. The molecule has 0 aliphatic carbocycles. The summed E-state index contributed by atoms with van der Waals surface area (Å²) >= 11 is 6.20. The number of ether oxygens (including phenoxy) is 1. The second-order valence-corrected chi connectivity index (χ2v) is 8.95.